The van der Waals surface area contributed by atoms with E-state index in [1.807, 2.05) is 14.0 Å². The minimum Gasteiger partial charge on any atom is -0.271 e. The van der Waals surface area contributed by atoms with Gasteiger partial charge in [0.15, 0.2) is 0 Å². The molecule has 3 aromatic rings. The molecule has 0 radical (unpaired) electrons. The maximum atomic E-state index is 6.33. The first kappa shape index (κ1) is 14.5. The Morgan fingerprint density at radius 2 is 2.19 bits per heavy atom. The summed E-state index contributed by atoms with van der Waals surface area (Å²) in [6, 6.07) is 8.37. The van der Waals surface area contributed by atoms with Crippen LogP contribution in [0.25, 0.3) is 10.1 Å². The quantitative estimate of drug-likeness (QED) is 0.572. The van der Waals surface area contributed by atoms with Crippen LogP contribution in [0.2, 0.25) is 5.15 Å². The van der Waals surface area contributed by atoms with E-state index in [-0.39, 0.29) is 6.04 Å². The number of benzene rings is 1. The molecule has 3 N–H and O–H groups in total. The average molecular weight is 321 g/mol. The van der Waals surface area contributed by atoms with E-state index in [0.717, 1.165) is 17.7 Å². The zero-order chi connectivity index (χ0) is 15.0. The first-order valence-corrected chi connectivity index (χ1v) is 7.97. The third-order valence-corrected chi connectivity index (χ3v) is 5.22. The fourth-order valence-corrected chi connectivity index (χ4v) is 3.90. The van der Waals surface area contributed by atoms with E-state index in [1.54, 1.807) is 16.0 Å². The van der Waals surface area contributed by atoms with Gasteiger partial charge in [0.05, 0.1) is 11.7 Å². The van der Waals surface area contributed by atoms with Gasteiger partial charge < -0.3 is 0 Å². The molecule has 1 unspecified atom stereocenters. The van der Waals surface area contributed by atoms with E-state index >= 15 is 0 Å². The van der Waals surface area contributed by atoms with Crippen molar-refractivity contribution in [1.29, 1.82) is 0 Å². The van der Waals surface area contributed by atoms with Crippen LogP contribution in [0.15, 0.2) is 29.6 Å². The predicted molar refractivity (Wildman–Crippen MR) is 88.5 cm³/mol. The molecule has 21 heavy (non-hydrogen) atoms. The van der Waals surface area contributed by atoms with Crippen molar-refractivity contribution in [2.24, 2.45) is 12.9 Å². The summed E-state index contributed by atoms with van der Waals surface area (Å²) in [7, 11) is 1.85. The molecule has 0 amide bonds. The Morgan fingerprint density at radius 1 is 1.43 bits per heavy atom. The van der Waals surface area contributed by atoms with Crippen LogP contribution in [0.4, 0.5) is 0 Å². The Morgan fingerprint density at radius 3 is 2.86 bits per heavy atom. The van der Waals surface area contributed by atoms with Crippen molar-refractivity contribution in [3.63, 3.8) is 0 Å². The third-order valence-electron chi connectivity index (χ3n) is 3.77. The summed E-state index contributed by atoms with van der Waals surface area (Å²) in [5.41, 5.74) is 6.11. The number of aromatic nitrogens is 2. The highest BCUT2D eigenvalue weighted by molar-refractivity contribution is 7.17. The van der Waals surface area contributed by atoms with Crippen molar-refractivity contribution in [1.82, 2.24) is 15.2 Å². The summed E-state index contributed by atoms with van der Waals surface area (Å²) in [4.78, 5) is 0. The topological polar surface area (TPSA) is 55.9 Å². The summed E-state index contributed by atoms with van der Waals surface area (Å²) in [6.07, 6.45) is 0.718. The van der Waals surface area contributed by atoms with Crippen LogP contribution >= 0.6 is 22.9 Å². The van der Waals surface area contributed by atoms with E-state index in [9.17, 15) is 0 Å². The van der Waals surface area contributed by atoms with Gasteiger partial charge in [0.1, 0.15) is 5.15 Å². The molecular weight excluding hydrogens is 304 g/mol. The molecule has 0 bridgehead atoms. The van der Waals surface area contributed by atoms with E-state index in [0.29, 0.717) is 5.15 Å². The van der Waals surface area contributed by atoms with Gasteiger partial charge in [-0.2, -0.15) is 5.10 Å². The molecule has 3 rings (SSSR count). The number of nitrogens with two attached hydrogens (primary N) is 1. The lowest BCUT2D eigenvalue weighted by molar-refractivity contribution is 0.555. The molecule has 0 aliphatic rings. The lowest BCUT2D eigenvalue weighted by Crippen LogP contribution is -2.29. The first-order chi connectivity index (χ1) is 10.1. The minimum atomic E-state index is 0.0153. The highest BCUT2D eigenvalue weighted by atomic mass is 35.5. The summed E-state index contributed by atoms with van der Waals surface area (Å²) in [6.45, 7) is 1.97. The SMILES string of the molecule is Cc1nn(C)c(Cl)c1CC(NN)c1csc2ccccc12. The lowest BCUT2D eigenvalue weighted by atomic mass is 9.99. The summed E-state index contributed by atoms with van der Waals surface area (Å²) in [5, 5.41) is 8.43. The number of nitrogens with one attached hydrogen (secondary N) is 1. The van der Waals surface area contributed by atoms with E-state index in [1.165, 1.54) is 15.6 Å². The lowest BCUT2D eigenvalue weighted by Gasteiger charge is -2.15. The van der Waals surface area contributed by atoms with Gasteiger partial charge in [-0.1, -0.05) is 29.8 Å². The second-order valence-corrected chi connectivity index (χ2v) is 6.36. The molecule has 1 aromatic carbocycles. The Hall–Kier alpha value is -1.40. The van der Waals surface area contributed by atoms with Gasteiger partial charge in [0, 0.05) is 17.3 Å². The second kappa shape index (κ2) is 5.77. The first-order valence-electron chi connectivity index (χ1n) is 6.72. The van der Waals surface area contributed by atoms with Gasteiger partial charge >= 0.3 is 0 Å². The van der Waals surface area contributed by atoms with Crippen LogP contribution in [0.1, 0.15) is 22.9 Å². The summed E-state index contributed by atoms with van der Waals surface area (Å²) < 4.78 is 2.97. The average Bonchev–Trinajstić information content (AvgIpc) is 3.00. The van der Waals surface area contributed by atoms with Gasteiger partial charge in [-0.3, -0.25) is 16.0 Å². The largest absolute Gasteiger partial charge is 0.271 e. The predicted octanol–water partition coefficient (Wildman–Crippen LogP) is 3.34. The van der Waals surface area contributed by atoms with Gasteiger partial charge in [-0.15, -0.1) is 11.3 Å². The fourth-order valence-electron chi connectivity index (χ4n) is 2.64. The van der Waals surface area contributed by atoms with Crippen molar-refractivity contribution in [2.45, 2.75) is 19.4 Å². The standard InChI is InChI=1S/C15H17ClN4S/c1-9-11(15(16)20(2)19-9)7-13(18-17)12-8-21-14-6-4-3-5-10(12)14/h3-6,8,13,18H,7,17H2,1-2H3. The minimum absolute atomic E-state index is 0.0153. The maximum absolute atomic E-state index is 6.33. The number of hydrogen-bond acceptors (Lipinski definition) is 4. The van der Waals surface area contributed by atoms with Crippen molar-refractivity contribution >= 4 is 33.0 Å². The molecule has 2 heterocycles. The fraction of sp³-hybridized carbons (Fsp3) is 0.267. The molecule has 0 fully saturated rings. The number of hydrazine groups is 1. The van der Waals surface area contributed by atoms with Crippen LogP contribution in [0.5, 0.6) is 0 Å². The van der Waals surface area contributed by atoms with Crippen LogP contribution in [-0.2, 0) is 13.5 Å². The number of fused-ring (bicyclic) bond motifs is 1. The normalized spacial score (nSPS) is 13.0. The number of aryl methyl sites for hydroxylation is 2. The van der Waals surface area contributed by atoms with Crippen molar-refractivity contribution in [2.75, 3.05) is 0 Å². The second-order valence-electron chi connectivity index (χ2n) is 5.09. The maximum Gasteiger partial charge on any atom is 0.130 e. The van der Waals surface area contributed by atoms with Gasteiger partial charge in [-0.05, 0) is 35.7 Å². The Bertz CT molecular complexity index is 777. The highest BCUT2D eigenvalue weighted by Gasteiger charge is 2.20. The molecule has 0 spiro atoms. The van der Waals surface area contributed by atoms with E-state index in [4.69, 9.17) is 17.4 Å². The molecule has 4 nitrogen and oxygen atoms in total. The van der Waals surface area contributed by atoms with Crippen LogP contribution < -0.4 is 11.3 Å². The third kappa shape index (κ3) is 2.58. The van der Waals surface area contributed by atoms with Crippen LogP contribution in [0.3, 0.4) is 0 Å². The number of hydrogen-bond donors (Lipinski definition) is 2. The molecule has 2 aromatic heterocycles. The van der Waals surface area contributed by atoms with Gasteiger partial charge in [-0.25, -0.2) is 0 Å². The summed E-state index contributed by atoms with van der Waals surface area (Å²) >= 11 is 8.06. The smallest absolute Gasteiger partial charge is 0.130 e. The molecule has 0 saturated carbocycles. The molecule has 1 atom stereocenters. The molecule has 0 aliphatic heterocycles. The number of thiophene rings is 1. The zero-order valence-electron chi connectivity index (χ0n) is 11.9. The number of nitrogens with zero attached hydrogens (tertiary/aromatic N) is 2. The van der Waals surface area contributed by atoms with E-state index in [2.05, 4.69) is 40.2 Å². The molecule has 6 heteroatoms. The molecular formula is C15H17ClN4S. The monoisotopic (exact) mass is 320 g/mol. The van der Waals surface area contributed by atoms with Gasteiger partial charge in [0.25, 0.3) is 0 Å². The number of rotatable bonds is 4. The van der Waals surface area contributed by atoms with Crippen molar-refractivity contribution in [3.05, 3.63) is 51.6 Å². The van der Waals surface area contributed by atoms with Crippen LogP contribution in [0, 0.1) is 6.92 Å². The van der Waals surface area contributed by atoms with E-state index < -0.39 is 0 Å². The van der Waals surface area contributed by atoms with Gasteiger partial charge in [0.2, 0.25) is 0 Å². The number of halogens is 1. The van der Waals surface area contributed by atoms with Crippen LogP contribution in [-0.4, -0.2) is 9.78 Å². The molecule has 0 aliphatic carbocycles. The van der Waals surface area contributed by atoms with Crippen molar-refractivity contribution in [3.8, 4) is 0 Å². The summed E-state index contributed by atoms with van der Waals surface area (Å²) in [5.74, 6) is 5.79. The molecule has 110 valence electrons. The Labute approximate surface area is 132 Å². The Kier molecular flexibility index (Phi) is 3.99. The van der Waals surface area contributed by atoms with Crippen molar-refractivity contribution < 1.29 is 0 Å². The zero-order valence-corrected chi connectivity index (χ0v) is 13.5. The molecule has 0 saturated heterocycles. The Balaban J connectivity index is 1.99. The highest BCUT2D eigenvalue weighted by Crippen LogP contribution is 2.33.